The van der Waals surface area contributed by atoms with Crippen molar-refractivity contribution in [3.8, 4) is 5.75 Å². The first kappa shape index (κ1) is 51.4. The first-order valence-corrected chi connectivity index (χ1v) is 22.2. The summed E-state index contributed by atoms with van der Waals surface area (Å²) in [6, 6.07) is 12.6. The molecular weight excluding hydrogens is 957 g/mol. The van der Waals surface area contributed by atoms with Gasteiger partial charge in [0.1, 0.15) is 26.9 Å². The van der Waals surface area contributed by atoms with Gasteiger partial charge in [0, 0.05) is 42.5 Å². The van der Waals surface area contributed by atoms with E-state index >= 15 is 0 Å². The van der Waals surface area contributed by atoms with Crippen molar-refractivity contribution in [1.29, 1.82) is 0 Å². The topological polar surface area (TPSA) is 414 Å². The Balaban J connectivity index is 1.55. The van der Waals surface area contributed by atoms with Crippen molar-refractivity contribution in [3.63, 3.8) is 0 Å². The number of hydrogen-bond acceptors (Lipinski definition) is 22. The number of nitro groups is 2. The number of Topliss-reactive ketones (excluding diaryl/α,β-unsaturated/α-hetero) is 1. The monoisotopic (exact) mass is 992 g/mol. The summed E-state index contributed by atoms with van der Waals surface area (Å²) in [5.41, 5.74) is 3.48. The van der Waals surface area contributed by atoms with E-state index in [4.69, 9.17) is 20.1 Å². The van der Waals surface area contributed by atoms with Gasteiger partial charge in [-0.05, 0) is 66.6 Å². The van der Waals surface area contributed by atoms with Crippen LogP contribution < -0.4 is 11.1 Å². The number of aromatic hydroxyl groups is 1. The van der Waals surface area contributed by atoms with Gasteiger partial charge in [-0.3, -0.25) is 47.8 Å². The van der Waals surface area contributed by atoms with Crippen LogP contribution in [0.1, 0.15) is 36.8 Å². The van der Waals surface area contributed by atoms with Gasteiger partial charge >= 0.3 is 11.9 Å². The predicted octanol–water partition coefficient (Wildman–Crippen LogP) is 7.95. The van der Waals surface area contributed by atoms with Crippen LogP contribution in [0.3, 0.4) is 0 Å². The first-order chi connectivity index (χ1) is 32.5. The number of phenols is 1. The second kappa shape index (κ2) is 21.4. The summed E-state index contributed by atoms with van der Waals surface area (Å²) < 4.78 is 62.5. The number of aliphatic carboxylic acids is 2. The number of nitrogens with one attached hydrogen (secondary N) is 1. The Kier molecular flexibility index (Phi) is 16.0. The lowest BCUT2D eigenvalue weighted by atomic mass is 10.0. The molecular formula is C40H36N10O17S2. The summed E-state index contributed by atoms with van der Waals surface area (Å²) in [5, 5.41) is 78.2. The van der Waals surface area contributed by atoms with Crippen LogP contribution in [0.2, 0.25) is 0 Å². The normalized spacial score (nSPS) is 12.0. The molecule has 0 aliphatic heterocycles. The Hall–Kier alpha value is -8.54. The number of benzene rings is 5. The van der Waals surface area contributed by atoms with Gasteiger partial charge in [-0.1, -0.05) is 6.07 Å². The van der Waals surface area contributed by atoms with E-state index in [1.807, 2.05) is 0 Å². The number of rotatable bonds is 21. The molecule has 29 heteroatoms. The van der Waals surface area contributed by atoms with Crippen LogP contribution in [0.25, 0.3) is 10.8 Å². The molecule has 0 heterocycles. The number of phenolic OH excluding ortho intramolecular Hbond substituents is 1. The maximum Gasteiger partial charge on any atom is 0.303 e. The third-order valence-electron chi connectivity index (χ3n) is 9.55. The number of ketones is 1. The fourth-order valence-electron chi connectivity index (χ4n) is 6.15. The number of nitrogens with two attached hydrogens (primary N) is 1. The minimum atomic E-state index is -4.91. The number of fused-ring (bicyclic) bond motifs is 1. The molecule has 0 saturated heterocycles. The summed E-state index contributed by atoms with van der Waals surface area (Å²) in [6.45, 7) is 1.57. The van der Waals surface area contributed by atoms with Gasteiger partial charge in [-0.25, -0.2) is 0 Å². The molecule has 0 aromatic heterocycles. The van der Waals surface area contributed by atoms with Crippen molar-refractivity contribution in [2.24, 2.45) is 30.7 Å². The molecule has 5 aromatic rings. The van der Waals surface area contributed by atoms with Gasteiger partial charge < -0.3 is 26.4 Å². The van der Waals surface area contributed by atoms with Crippen molar-refractivity contribution in [1.82, 2.24) is 0 Å². The minimum absolute atomic E-state index is 0.0165. The van der Waals surface area contributed by atoms with Gasteiger partial charge in [0.05, 0.1) is 59.4 Å². The highest BCUT2D eigenvalue weighted by molar-refractivity contribution is 7.87. The van der Waals surface area contributed by atoms with Crippen LogP contribution in [0.15, 0.2) is 107 Å². The first-order valence-electron chi connectivity index (χ1n) is 19.4. The van der Waals surface area contributed by atoms with Crippen LogP contribution in [0.5, 0.6) is 5.75 Å². The number of nitrogen functional groups attached to an aromatic ring is 1. The number of hydrogen-bond donors (Lipinski definition) is 5. The second-order valence-electron chi connectivity index (χ2n) is 14.2. The van der Waals surface area contributed by atoms with Crippen molar-refractivity contribution in [3.05, 3.63) is 98.1 Å². The number of anilines is 2. The molecule has 0 fully saturated rings. The Morgan fingerprint density at radius 2 is 1.23 bits per heavy atom. The summed E-state index contributed by atoms with van der Waals surface area (Å²) >= 11 is 0. The highest BCUT2D eigenvalue weighted by Crippen LogP contribution is 2.49. The third-order valence-corrected chi connectivity index (χ3v) is 12.2. The quantitative estimate of drug-likeness (QED) is 0.0153. The summed E-state index contributed by atoms with van der Waals surface area (Å²) in [7, 11) is -8.16. The van der Waals surface area contributed by atoms with E-state index in [0.29, 0.717) is 5.56 Å². The smallest absolute Gasteiger partial charge is 0.303 e. The Bertz CT molecular complexity index is 3290. The number of nitrogens with zero attached hydrogens (tertiary/aromatic N) is 8. The fraction of sp³-hybridized carbons (Fsp3) is 0.200. The molecule has 5 aromatic carbocycles. The summed E-state index contributed by atoms with van der Waals surface area (Å²) in [4.78, 5) is 66.3. The Labute approximate surface area is 388 Å². The van der Waals surface area contributed by atoms with Crippen LogP contribution >= 0.6 is 0 Å². The molecule has 0 aliphatic rings. The van der Waals surface area contributed by atoms with Crippen LogP contribution in [0.4, 0.5) is 56.9 Å². The molecule has 69 heavy (non-hydrogen) atoms. The molecule has 0 atom stereocenters. The number of carboxylic acids is 2. The number of carbonyl (C=O) groups is 4. The Morgan fingerprint density at radius 3 is 1.84 bits per heavy atom. The van der Waals surface area contributed by atoms with Gasteiger partial charge in [0.25, 0.3) is 31.6 Å². The van der Waals surface area contributed by atoms with Crippen molar-refractivity contribution in [2.45, 2.75) is 48.8 Å². The van der Waals surface area contributed by atoms with Crippen LogP contribution in [-0.2, 0) is 54.2 Å². The van der Waals surface area contributed by atoms with E-state index in [9.17, 15) is 61.3 Å². The van der Waals surface area contributed by atoms with E-state index in [0.717, 1.165) is 44.6 Å². The maximum atomic E-state index is 13.3. The van der Waals surface area contributed by atoms with E-state index in [-0.39, 0.29) is 47.6 Å². The molecule has 360 valence electrons. The molecule has 0 saturated carbocycles. The van der Waals surface area contributed by atoms with E-state index in [2.05, 4.69) is 40.2 Å². The van der Waals surface area contributed by atoms with Crippen molar-refractivity contribution in [2.75, 3.05) is 25.3 Å². The zero-order valence-corrected chi connectivity index (χ0v) is 37.5. The maximum absolute atomic E-state index is 13.3. The zero-order chi connectivity index (χ0) is 51.0. The van der Waals surface area contributed by atoms with Gasteiger partial charge in [-0.15, -0.1) is 20.5 Å². The van der Waals surface area contributed by atoms with Crippen LogP contribution in [0, 0.1) is 27.2 Å². The van der Waals surface area contributed by atoms with Crippen LogP contribution in [-0.4, -0.2) is 79.9 Å². The zero-order valence-electron chi connectivity index (χ0n) is 35.9. The number of azo groups is 3. The summed E-state index contributed by atoms with van der Waals surface area (Å²) in [5.74, 6) is -4.75. The molecule has 5 rings (SSSR count). The second-order valence-corrected chi connectivity index (χ2v) is 17.6. The number of aryl methyl sites for hydroxylation is 1. The molecule has 1 amide bonds. The van der Waals surface area contributed by atoms with Gasteiger partial charge in [0.2, 0.25) is 5.91 Å². The van der Waals surface area contributed by atoms with E-state index < -0.39 is 127 Å². The Morgan fingerprint density at radius 1 is 0.681 bits per heavy atom. The fourth-order valence-corrected chi connectivity index (χ4v) is 7.83. The number of carboxylic acid groups (broad SMARTS) is 2. The lowest BCUT2D eigenvalue weighted by Gasteiger charge is -2.15. The predicted molar refractivity (Wildman–Crippen MR) is 239 cm³/mol. The SMILES string of the molecule is COS(=O)(=O)c1cc2c(S(=O)(=O)OC)cc(N=Nc3ccc(N=Nc4ccc(NC(=O)CCC(=O)O)cc4[N+](=O)[O-])c(C)c3)c(N)c2c(O)c1N=Nc1ccc(CC(=O)CCC(=O)O)cc1[N+](=O)[O-]. The largest absolute Gasteiger partial charge is 0.505 e. The van der Waals surface area contributed by atoms with Gasteiger partial charge in [-0.2, -0.15) is 27.1 Å². The average molecular weight is 993 g/mol. The van der Waals surface area contributed by atoms with E-state index in [1.54, 1.807) is 6.92 Å². The van der Waals surface area contributed by atoms with Crippen molar-refractivity contribution >= 4 is 112 Å². The highest BCUT2D eigenvalue weighted by atomic mass is 32.2. The third kappa shape index (κ3) is 12.5. The molecule has 0 bridgehead atoms. The standard InChI is InChI=1S/C40H36N10O17S2/c1-20-14-23(6-9-26(20)44-45-28-10-5-22(17-31(28)50(60)61)42-34(52)11-13-36(55)56)43-47-29-19-32(68(62,63)66-2)25-18-33(69(64,65)67-3)39(40(57)37(25)38(29)41)48-46-27-8-4-21(16-30(27)49(58)59)15-24(51)7-12-35(53)54/h4-6,8-10,14,16-19,57H,7,11-13,15,41H2,1-3H3,(H,42,52)(H,53,54)(H,55,56). The average Bonchev–Trinajstić information content (AvgIpc) is 3.29. The lowest BCUT2D eigenvalue weighted by Crippen LogP contribution is -2.13. The molecule has 0 radical (unpaired) electrons. The molecule has 0 aliphatic carbocycles. The number of amides is 1. The molecule has 0 spiro atoms. The van der Waals surface area contributed by atoms with Gasteiger partial charge in [0.15, 0.2) is 17.1 Å². The highest BCUT2D eigenvalue weighted by Gasteiger charge is 2.30. The summed E-state index contributed by atoms with van der Waals surface area (Å²) in [6.07, 6.45) is -1.98. The van der Waals surface area contributed by atoms with E-state index in [1.165, 1.54) is 36.4 Å². The van der Waals surface area contributed by atoms with Crippen molar-refractivity contribution < 1.29 is 69.5 Å². The molecule has 27 nitrogen and oxygen atoms in total. The number of nitro benzene ring substituents is 2. The molecule has 6 N–H and O–H groups in total. The molecule has 0 unspecified atom stereocenters. The number of carbonyl (C=O) groups excluding carboxylic acids is 2. The minimum Gasteiger partial charge on any atom is -0.505 e. The lowest BCUT2D eigenvalue weighted by molar-refractivity contribution is -0.384.